The van der Waals surface area contributed by atoms with Crippen LogP contribution in [0.25, 0.3) is 17.1 Å². The van der Waals surface area contributed by atoms with Crippen molar-refractivity contribution < 1.29 is 14.3 Å². The molecule has 0 aliphatic rings. The number of nitrogens with zero attached hydrogens (tertiary/aromatic N) is 2. The number of carbonyl (C=O) groups is 1. The SMILES string of the molecule is C/C=C/c1ccc(OCCCCn2c(C(C)NC(=O)c3cccc(C)c3)nc3ccccc32)c(OC)c1. The number of allylic oxidation sites excluding steroid dienone is 1. The Balaban J connectivity index is 1.41. The quantitative estimate of drug-likeness (QED) is 0.233. The number of hydrogen-bond donors (Lipinski definition) is 1. The number of ether oxygens (including phenoxy) is 2. The number of hydrogen-bond acceptors (Lipinski definition) is 4. The topological polar surface area (TPSA) is 65.4 Å². The molecule has 6 nitrogen and oxygen atoms in total. The second-order valence-corrected chi connectivity index (χ2v) is 9.14. The zero-order chi connectivity index (χ0) is 26.2. The van der Waals surface area contributed by atoms with Crippen molar-refractivity contribution in [3.8, 4) is 11.5 Å². The molecule has 1 aromatic heterocycles. The van der Waals surface area contributed by atoms with Gasteiger partial charge in [-0.25, -0.2) is 4.98 Å². The zero-order valence-corrected chi connectivity index (χ0v) is 22.0. The Labute approximate surface area is 218 Å². The van der Waals surface area contributed by atoms with E-state index in [4.69, 9.17) is 14.5 Å². The van der Waals surface area contributed by atoms with E-state index in [0.717, 1.165) is 58.9 Å². The van der Waals surface area contributed by atoms with E-state index in [9.17, 15) is 4.79 Å². The van der Waals surface area contributed by atoms with E-state index in [1.54, 1.807) is 7.11 Å². The lowest BCUT2D eigenvalue weighted by molar-refractivity contribution is 0.0937. The number of nitrogens with one attached hydrogen (secondary N) is 1. The maximum Gasteiger partial charge on any atom is 0.251 e. The van der Waals surface area contributed by atoms with Gasteiger partial charge in [-0.15, -0.1) is 0 Å². The van der Waals surface area contributed by atoms with Crippen molar-refractivity contribution in [2.75, 3.05) is 13.7 Å². The number of imidazole rings is 1. The number of para-hydroxylation sites is 2. The molecular formula is C31H35N3O3. The number of unbranched alkanes of at least 4 members (excludes halogenated alkanes) is 1. The van der Waals surface area contributed by atoms with Crippen LogP contribution in [0.4, 0.5) is 0 Å². The Kier molecular flexibility index (Phi) is 8.62. The second-order valence-electron chi connectivity index (χ2n) is 9.14. The van der Waals surface area contributed by atoms with Crippen LogP contribution in [0.2, 0.25) is 0 Å². The normalized spacial score (nSPS) is 12.1. The molecule has 0 spiro atoms. The van der Waals surface area contributed by atoms with Crippen LogP contribution in [-0.4, -0.2) is 29.2 Å². The molecule has 0 saturated heterocycles. The van der Waals surface area contributed by atoms with Crippen molar-refractivity contribution in [1.82, 2.24) is 14.9 Å². The van der Waals surface area contributed by atoms with Gasteiger partial charge in [-0.1, -0.05) is 48.0 Å². The van der Waals surface area contributed by atoms with Crippen LogP contribution in [0.15, 0.2) is 72.8 Å². The molecule has 1 atom stereocenters. The van der Waals surface area contributed by atoms with Crippen LogP contribution in [0.3, 0.4) is 0 Å². The number of aryl methyl sites for hydroxylation is 2. The molecule has 6 heteroatoms. The summed E-state index contributed by atoms with van der Waals surface area (Å²) in [6.45, 7) is 7.32. The summed E-state index contributed by atoms with van der Waals surface area (Å²) in [4.78, 5) is 17.7. The average Bonchev–Trinajstić information content (AvgIpc) is 3.28. The first-order chi connectivity index (χ1) is 18.0. The van der Waals surface area contributed by atoms with Gasteiger partial charge in [-0.2, -0.15) is 0 Å². The van der Waals surface area contributed by atoms with Crippen molar-refractivity contribution in [3.05, 3.63) is 95.3 Å². The van der Waals surface area contributed by atoms with E-state index < -0.39 is 0 Å². The maximum atomic E-state index is 12.9. The van der Waals surface area contributed by atoms with Crippen molar-refractivity contribution in [2.24, 2.45) is 0 Å². The van der Waals surface area contributed by atoms with Crippen LogP contribution < -0.4 is 14.8 Å². The standard InChI is InChI=1S/C31H35N3O3/c1-5-11-24-16-17-28(29(21-24)36-4)37-19-9-8-18-34-27-15-7-6-14-26(27)33-30(34)23(3)32-31(35)25-13-10-12-22(2)20-25/h5-7,10-17,20-21,23H,8-9,18-19H2,1-4H3,(H,32,35)/b11-5+. The molecular weight excluding hydrogens is 462 g/mol. The Morgan fingerprint density at radius 1 is 1.05 bits per heavy atom. The highest BCUT2D eigenvalue weighted by Gasteiger charge is 2.19. The number of carbonyl (C=O) groups excluding carboxylic acids is 1. The molecule has 3 aromatic carbocycles. The zero-order valence-electron chi connectivity index (χ0n) is 22.0. The predicted octanol–water partition coefficient (Wildman–Crippen LogP) is 6.74. The fourth-order valence-corrected chi connectivity index (χ4v) is 4.44. The van der Waals surface area contributed by atoms with Gasteiger partial charge >= 0.3 is 0 Å². The van der Waals surface area contributed by atoms with Crippen LogP contribution in [0, 0.1) is 6.92 Å². The highest BCUT2D eigenvalue weighted by atomic mass is 16.5. The van der Waals surface area contributed by atoms with Crippen molar-refractivity contribution >= 4 is 23.0 Å². The van der Waals surface area contributed by atoms with Gasteiger partial charge in [0.15, 0.2) is 11.5 Å². The lowest BCUT2D eigenvalue weighted by Crippen LogP contribution is -2.28. The van der Waals surface area contributed by atoms with E-state index in [1.807, 2.05) is 93.6 Å². The van der Waals surface area contributed by atoms with E-state index in [1.165, 1.54) is 0 Å². The third-order valence-corrected chi connectivity index (χ3v) is 6.28. The minimum absolute atomic E-state index is 0.0994. The highest BCUT2D eigenvalue weighted by Crippen LogP contribution is 2.29. The highest BCUT2D eigenvalue weighted by molar-refractivity contribution is 5.94. The third-order valence-electron chi connectivity index (χ3n) is 6.28. The molecule has 4 rings (SSSR count). The molecule has 192 valence electrons. The van der Waals surface area contributed by atoms with Crippen LogP contribution in [0.1, 0.15) is 60.0 Å². The summed E-state index contributed by atoms with van der Waals surface area (Å²) in [7, 11) is 1.66. The largest absolute Gasteiger partial charge is 0.493 e. The molecule has 4 aromatic rings. The molecule has 1 unspecified atom stereocenters. The number of amides is 1. The van der Waals surface area contributed by atoms with Gasteiger partial charge in [0.1, 0.15) is 5.82 Å². The molecule has 1 N–H and O–H groups in total. The van der Waals surface area contributed by atoms with Crippen molar-refractivity contribution in [1.29, 1.82) is 0 Å². The summed E-state index contributed by atoms with van der Waals surface area (Å²) in [5, 5.41) is 3.12. The van der Waals surface area contributed by atoms with E-state index >= 15 is 0 Å². The lowest BCUT2D eigenvalue weighted by Gasteiger charge is -2.17. The first kappa shape index (κ1) is 26.0. The molecule has 0 radical (unpaired) electrons. The molecule has 1 heterocycles. The fourth-order valence-electron chi connectivity index (χ4n) is 4.44. The minimum atomic E-state index is -0.239. The van der Waals surface area contributed by atoms with Crippen LogP contribution in [-0.2, 0) is 6.54 Å². The fraction of sp³-hybridized carbons (Fsp3) is 0.290. The summed E-state index contributed by atoms with van der Waals surface area (Å²) >= 11 is 0. The van der Waals surface area contributed by atoms with E-state index in [2.05, 4.69) is 16.0 Å². The monoisotopic (exact) mass is 497 g/mol. The molecule has 0 fully saturated rings. The summed E-state index contributed by atoms with van der Waals surface area (Å²) < 4.78 is 13.7. The van der Waals surface area contributed by atoms with Gasteiger partial charge in [-0.3, -0.25) is 4.79 Å². The molecule has 1 amide bonds. The first-order valence-electron chi connectivity index (χ1n) is 12.8. The Morgan fingerprint density at radius 2 is 1.89 bits per heavy atom. The summed E-state index contributed by atoms with van der Waals surface area (Å²) in [5.41, 5.74) is 4.78. The smallest absolute Gasteiger partial charge is 0.251 e. The summed E-state index contributed by atoms with van der Waals surface area (Å²) in [6.07, 6.45) is 5.81. The Morgan fingerprint density at radius 3 is 2.68 bits per heavy atom. The molecule has 0 saturated carbocycles. The number of benzene rings is 3. The van der Waals surface area contributed by atoms with Gasteiger partial charge in [0, 0.05) is 12.1 Å². The van der Waals surface area contributed by atoms with E-state index in [-0.39, 0.29) is 11.9 Å². The summed E-state index contributed by atoms with van der Waals surface area (Å²) in [6, 6.07) is 21.4. The number of methoxy groups -OCH3 is 1. The van der Waals surface area contributed by atoms with Gasteiger partial charge in [0.05, 0.1) is 30.8 Å². The average molecular weight is 498 g/mol. The molecule has 37 heavy (non-hydrogen) atoms. The number of fused-ring (bicyclic) bond motifs is 1. The first-order valence-corrected chi connectivity index (χ1v) is 12.8. The number of aromatic nitrogens is 2. The van der Waals surface area contributed by atoms with Crippen LogP contribution >= 0.6 is 0 Å². The maximum absolute atomic E-state index is 12.9. The molecule has 0 aliphatic carbocycles. The van der Waals surface area contributed by atoms with E-state index in [0.29, 0.717) is 12.2 Å². The predicted molar refractivity (Wildman–Crippen MR) is 149 cm³/mol. The van der Waals surface area contributed by atoms with Gasteiger partial charge in [0.2, 0.25) is 0 Å². The summed E-state index contributed by atoms with van der Waals surface area (Å²) in [5.74, 6) is 2.23. The van der Waals surface area contributed by atoms with Gasteiger partial charge < -0.3 is 19.4 Å². The van der Waals surface area contributed by atoms with Crippen molar-refractivity contribution in [2.45, 2.75) is 46.2 Å². The van der Waals surface area contributed by atoms with Gasteiger partial charge in [-0.05, 0) is 75.6 Å². The second kappa shape index (κ2) is 12.3. The number of rotatable bonds is 11. The van der Waals surface area contributed by atoms with Gasteiger partial charge in [0.25, 0.3) is 5.91 Å². The molecule has 0 aliphatic heterocycles. The van der Waals surface area contributed by atoms with Crippen LogP contribution in [0.5, 0.6) is 11.5 Å². The molecule has 0 bridgehead atoms. The Bertz CT molecular complexity index is 1390. The lowest BCUT2D eigenvalue weighted by atomic mass is 10.1. The minimum Gasteiger partial charge on any atom is -0.493 e. The van der Waals surface area contributed by atoms with Crippen molar-refractivity contribution in [3.63, 3.8) is 0 Å². The Hall–Kier alpha value is -4.06. The third kappa shape index (κ3) is 6.39.